The molecule has 288 valence electrons. The highest BCUT2D eigenvalue weighted by molar-refractivity contribution is 6.09. The first-order valence-corrected chi connectivity index (χ1v) is 20.7. The second kappa shape index (κ2) is 15.2. The van der Waals surface area contributed by atoms with Gasteiger partial charge in [0.15, 0.2) is 0 Å². The van der Waals surface area contributed by atoms with Gasteiger partial charge in [-0.3, -0.25) is 0 Å². The summed E-state index contributed by atoms with van der Waals surface area (Å²) in [5, 5.41) is 3.57. The van der Waals surface area contributed by atoms with Crippen molar-refractivity contribution in [3.63, 3.8) is 0 Å². The molecule has 0 aliphatic rings. The van der Waals surface area contributed by atoms with Crippen LogP contribution in [0.1, 0.15) is 5.56 Å². The zero-order valence-corrected chi connectivity index (χ0v) is 33.4. The SMILES string of the molecule is C=Cc1c(-c2ccc(-c3ccccc3N(c3ccc(-c4ccccc4)cc3)c3ccc(-c4ccccc4-n4c5ccccc5c5ccccc54)cc3)cc2)oc2ccccc12. The van der Waals surface area contributed by atoms with Gasteiger partial charge in [0.1, 0.15) is 11.3 Å². The third-order valence-electron chi connectivity index (χ3n) is 11.8. The molecule has 0 radical (unpaired) electrons. The van der Waals surface area contributed by atoms with Crippen molar-refractivity contribution in [1.82, 2.24) is 4.57 Å². The van der Waals surface area contributed by atoms with Crippen LogP contribution in [0.5, 0.6) is 0 Å². The average molecular weight is 781 g/mol. The van der Waals surface area contributed by atoms with E-state index in [1.165, 1.54) is 38.5 Å². The van der Waals surface area contributed by atoms with Gasteiger partial charge >= 0.3 is 0 Å². The predicted molar refractivity (Wildman–Crippen MR) is 257 cm³/mol. The van der Waals surface area contributed by atoms with Gasteiger partial charge in [-0.2, -0.15) is 0 Å². The quantitative estimate of drug-likeness (QED) is 0.145. The lowest BCUT2D eigenvalue weighted by atomic mass is 9.98. The molecule has 11 rings (SSSR count). The summed E-state index contributed by atoms with van der Waals surface area (Å²) in [5.41, 5.74) is 16.5. The lowest BCUT2D eigenvalue weighted by Gasteiger charge is -2.28. The summed E-state index contributed by atoms with van der Waals surface area (Å²) in [6.07, 6.45) is 1.89. The zero-order chi connectivity index (χ0) is 40.7. The summed E-state index contributed by atoms with van der Waals surface area (Å²) in [6.45, 7) is 4.11. The fourth-order valence-electron chi connectivity index (χ4n) is 8.94. The number of aromatic nitrogens is 1. The fraction of sp³-hybridized carbons (Fsp3) is 0. The van der Waals surface area contributed by atoms with Gasteiger partial charge in [-0.1, -0.05) is 183 Å². The fourth-order valence-corrected chi connectivity index (χ4v) is 8.94. The van der Waals surface area contributed by atoms with Crippen LogP contribution in [0.4, 0.5) is 17.1 Å². The van der Waals surface area contributed by atoms with Crippen LogP contribution in [0.2, 0.25) is 0 Å². The van der Waals surface area contributed by atoms with Crippen LogP contribution in [0.3, 0.4) is 0 Å². The Bertz CT molecular complexity index is 3300. The van der Waals surface area contributed by atoms with Crippen molar-refractivity contribution in [2.45, 2.75) is 0 Å². The maximum absolute atomic E-state index is 6.37. The molecule has 0 bridgehead atoms. The van der Waals surface area contributed by atoms with Crippen molar-refractivity contribution in [3.8, 4) is 50.4 Å². The van der Waals surface area contributed by atoms with Gasteiger partial charge < -0.3 is 13.9 Å². The molecule has 61 heavy (non-hydrogen) atoms. The number of furan rings is 1. The van der Waals surface area contributed by atoms with Crippen molar-refractivity contribution in [1.29, 1.82) is 0 Å². The first-order chi connectivity index (χ1) is 30.2. The summed E-state index contributed by atoms with van der Waals surface area (Å²) in [5.74, 6) is 0.830. The molecule has 3 nitrogen and oxygen atoms in total. The lowest BCUT2D eigenvalue weighted by Crippen LogP contribution is -2.11. The minimum absolute atomic E-state index is 0.830. The normalized spacial score (nSPS) is 11.3. The molecule has 0 saturated carbocycles. The van der Waals surface area contributed by atoms with Crippen molar-refractivity contribution in [2.24, 2.45) is 0 Å². The molecule has 9 aromatic carbocycles. The number of nitrogens with zero attached hydrogens (tertiary/aromatic N) is 2. The second-order valence-corrected chi connectivity index (χ2v) is 15.3. The van der Waals surface area contributed by atoms with E-state index in [0.29, 0.717) is 0 Å². The van der Waals surface area contributed by atoms with E-state index in [0.717, 1.165) is 67.3 Å². The Hall–Kier alpha value is -8.14. The van der Waals surface area contributed by atoms with Crippen molar-refractivity contribution in [2.75, 3.05) is 4.90 Å². The molecule has 0 saturated heterocycles. The van der Waals surface area contributed by atoms with E-state index in [4.69, 9.17) is 4.42 Å². The van der Waals surface area contributed by atoms with Crippen molar-refractivity contribution in [3.05, 3.63) is 237 Å². The number of hydrogen-bond donors (Lipinski definition) is 0. The van der Waals surface area contributed by atoms with Crippen molar-refractivity contribution >= 4 is 55.9 Å². The minimum Gasteiger partial charge on any atom is -0.455 e. The van der Waals surface area contributed by atoms with Gasteiger partial charge in [0.2, 0.25) is 0 Å². The minimum atomic E-state index is 0.830. The molecule has 0 aliphatic carbocycles. The largest absolute Gasteiger partial charge is 0.455 e. The monoisotopic (exact) mass is 780 g/mol. The molecule has 0 amide bonds. The topological polar surface area (TPSA) is 21.3 Å². The number of anilines is 3. The highest BCUT2D eigenvalue weighted by Crippen LogP contribution is 2.44. The van der Waals surface area contributed by atoms with E-state index in [2.05, 4.69) is 222 Å². The van der Waals surface area contributed by atoms with Gasteiger partial charge in [-0.25, -0.2) is 0 Å². The standard InChI is InChI=1S/C58H40N2O/c1-2-47-52-22-10-15-27-57(52)61-58(47)44-30-28-42(29-31-44)48-18-6-11-23-53(48)59(45-36-32-41(33-37-45)40-16-4-3-5-17-40)46-38-34-43(35-39-46)49-19-7-12-24-54(49)60-55-25-13-8-20-50(55)51-21-9-14-26-56(51)60/h2-39H,1H2. The van der Waals surface area contributed by atoms with E-state index in [9.17, 15) is 0 Å². The molecule has 0 N–H and O–H groups in total. The molecule has 2 heterocycles. The van der Waals surface area contributed by atoms with Crippen LogP contribution in [-0.2, 0) is 0 Å². The number of fused-ring (bicyclic) bond motifs is 4. The van der Waals surface area contributed by atoms with Gasteiger partial charge in [0.25, 0.3) is 0 Å². The molecule has 2 aromatic heterocycles. The zero-order valence-electron chi connectivity index (χ0n) is 33.4. The van der Waals surface area contributed by atoms with Crippen molar-refractivity contribution < 1.29 is 4.42 Å². The molecule has 0 aliphatic heterocycles. The first-order valence-electron chi connectivity index (χ1n) is 20.7. The maximum atomic E-state index is 6.37. The summed E-state index contributed by atoms with van der Waals surface area (Å²) in [6, 6.07) is 80.1. The number of benzene rings is 9. The van der Waals surface area contributed by atoms with Crippen LogP contribution in [0, 0.1) is 0 Å². The molecule has 0 atom stereocenters. The predicted octanol–water partition coefficient (Wildman–Crippen LogP) is 16.3. The van der Waals surface area contributed by atoms with Crippen LogP contribution < -0.4 is 4.90 Å². The van der Waals surface area contributed by atoms with Crippen LogP contribution in [0.25, 0.3) is 89.2 Å². The molecule has 3 heteroatoms. The Morgan fingerprint density at radius 3 is 1.54 bits per heavy atom. The Labute approximate surface area is 355 Å². The van der Waals surface area contributed by atoms with Crippen LogP contribution in [0.15, 0.2) is 235 Å². The lowest BCUT2D eigenvalue weighted by molar-refractivity contribution is 0.631. The third-order valence-corrected chi connectivity index (χ3v) is 11.8. The molecule has 0 unspecified atom stereocenters. The highest BCUT2D eigenvalue weighted by Gasteiger charge is 2.20. The summed E-state index contributed by atoms with van der Waals surface area (Å²) < 4.78 is 8.77. The Kier molecular flexibility index (Phi) is 8.98. The molecule has 0 fully saturated rings. The Balaban J connectivity index is 1.02. The van der Waals surface area contributed by atoms with E-state index in [1.54, 1.807) is 0 Å². The highest BCUT2D eigenvalue weighted by atomic mass is 16.3. The average Bonchev–Trinajstić information content (AvgIpc) is 3.89. The van der Waals surface area contributed by atoms with E-state index < -0.39 is 0 Å². The molecular formula is C58H40N2O. The molecule has 0 spiro atoms. The second-order valence-electron chi connectivity index (χ2n) is 15.3. The van der Waals surface area contributed by atoms with Crippen LogP contribution in [-0.4, -0.2) is 4.57 Å². The molecule has 11 aromatic rings. The van der Waals surface area contributed by atoms with Crippen LogP contribution >= 0.6 is 0 Å². The number of rotatable bonds is 9. The summed E-state index contributed by atoms with van der Waals surface area (Å²) in [7, 11) is 0. The van der Waals surface area contributed by atoms with Gasteiger partial charge in [0, 0.05) is 49.8 Å². The summed E-state index contributed by atoms with van der Waals surface area (Å²) in [4.78, 5) is 2.37. The Morgan fingerprint density at radius 2 is 0.869 bits per heavy atom. The Morgan fingerprint density at radius 1 is 0.393 bits per heavy atom. The van der Waals surface area contributed by atoms with E-state index in [-0.39, 0.29) is 0 Å². The third kappa shape index (κ3) is 6.32. The number of para-hydroxylation sites is 5. The maximum Gasteiger partial charge on any atom is 0.142 e. The summed E-state index contributed by atoms with van der Waals surface area (Å²) >= 11 is 0. The number of hydrogen-bond acceptors (Lipinski definition) is 2. The van der Waals surface area contributed by atoms with E-state index in [1.807, 2.05) is 24.3 Å². The first kappa shape index (κ1) is 36.0. The smallest absolute Gasteiger partial charge is 0.142 e. The van der Waals surface area contributed by atoms with Gasteiger partial charge in [-0.05, 0) is 76.9 Å². The van der Waals surface area contributed by atoms with E-state index >= 15 is 0 Å². The molecular weight excluding hydrogens is 741 g/mol. The van der Waals surface area contributed by atoms with Gasteiger partial charge in [0.05, 0.1) is 22.4 Å². The van der Waals surface area contributed by atoms with Gasteiger partial charge in [-0.15, -0.1) is 0 Å².